The van der Waals surface area contributed by atoms with Crippen LogP contribution in [0.1, 0.15) is 73.6 Å². The van der Waals surface area contributed by atoms with E-state index in [9.17, 15) is 4.79 Å². The molecular formula is C21H36O2. The van der Waals surface area contributed by atoms with E-state index in [0.29, 0.717) is 23.7 Å². The van der Waals surface area contributed by atoms with Crippen LogP contribution in [0.5, 0.6) is 0 Å². The van der Waals surface area contributed by atoms with Crippen LogP contribution >= 0.6 is 0 Å². The van der Waals surface area contributed by atoms with Crippen molar-refractivity contribution in [3.63, 3.8) is 0 Å². The second-order valence-electron chi connectivity index (χ2n) is 9.91. The van der Waals surface area contributed by atoms with E-state index < -0.39 is 0 Å². The van der Waals surface area contributed by atoms with Crippen LogP contribution < -0.4 is 0 Å². The van der Waals surface area contributed by atoms with Crippen molar-refractivity contribution in [3.8, 4) is 0 Å². The molecule has 3 fully saturated rings. The van der Waals surface area contributed by atoms with Crippen LogP contribution in [0.4, 0.5) is 0 Å². The number of hydrogen-bond acceptors (Lipinski definition) is 2. The van der Waals surface area contributed by atoms with Crippen LogP contribution in [0, 0.1) is 40.4 Å². The largest absolute Gasteiger partial charge is 0.377 e. The van der Waals surface area contributed by atoms with Crippen molar-refractivity contribution in [1.29, 1.82) is 0 Å². The van der Waals surface area contributed by atoms with Crippen molar-refractivity contribution < 1.29 is 9.53 Å². The predicted molar refractivity (Wildman–Crippen MR) is 94.2 cm³/mol. The highest BCUT2D eigenvalue weighted by molar-refractivity contribution is 5.85. The Bertz CT molecular complexity index is 464. The van der Waals surface area contributed by atoms with Gasteiger partial charge in [-0.3, -0.25) is 4.79 Å². The summed E-state index contributed by atoms with van der Waals surface area (Å²) in [6.07, 6.45) is 5.85. The predicted octanol–water partition coefficient (Wildman–Crippen LogP) is 5.11. The third-order valence-electron chi connectivity index (χ3n) is 7.97. The van der Waals surface area contributed by atoms with Crippen LogP contribution in [-0.2, 0) is 9.53 Å². The number of carbonyl (C=O) groups is 1. The number of carbonyl (C=O) groups excluding carboxylic acids is 1. The van der Waals surface area contributed by atoms with Gasteiger partial charge in [-0.1, -0.05) is 48.0 Å². The minimum Gasteiger partial charge on any atom is -0.377 e. The maximum Gasteiger partial charge on any atom is 0.139 e. The number of rotatable bonds is 7. The van der Waals surface area contributed by atoms with Crippen LogP contribution in [0.3, 0.4) is 0 Å². The molecule has 2 saturated carbocycles. The first kappa shape index (κ1) is 17.5. The Morgan fingerprint density at radius 2 is 1.87 bits per heavy atom. The van der Waals surface area contributed by atoms with Crippen LogP contribution in [0.25, 0.3) is 0 Å². The highest BCUT2D eigenvalue weighted by Crippen LogP contribution is 2.59. The molecule has 2 nitrogen and oxygen atoms in total. The van der Waals surface area contributed by atoms with Crippen molar-refractivity contribution >= 4 is 5.78 Å². The van der Waals surface area contributed by atoms with Gasteiger partial charge in [0.1, 0.15) is 5.78 Å². The second kappa shape index (κ2) is 5.86. The SMILES string of the molecule is CCC(C)(C)C(C)(CC(C)C)C(=O)CC1C2CC3COC1C3C2. The molecule has 1 heterocycles. The van der Waals surface area contributed by atoms with Gasteiger partial charge in [0.25, 0.3) is 0 Å². The van der Waals surface area contributed by atoms with E-state index in [1.807, 2.05) is 0 Å². The van der Waals surface area contributed by atoms with E-state index >= 15 is 0 Å². The van der Waals surface area contributed by atoms with Crippen molar-refractivity contribution in [3.05, 3.63) is 0 Å². The van der Waals surface area contributed by atoms with Crippen molar-refractivity contribution in [2.45, 2.75) is 79.8 Å². The second-order valence-corrected chi connectivity index (χ2v) is 9.91. The van der Waals surface area contributed by atoms with E-state index in [4.69, 9.17) is 4.74 Å². The van der Waals surface area contributed by atoms with Crippen molar-refractivity contribution in [2.75, 3.05) is 6.61 Å². The Kier molecular flexibility index (Phi) is 4.45. The summed E-state index contributed by atoms with van der Waals surface area (Å²) in [5.41, 5.74) is -0.152. The molecule has 0 N–H and O–H groups in total. The number of fused-ring (bicyclic) bond motifs is 1. The zero-order valence-electron chi connectivity index (χ0n) is 16.0. The summed E-state index contributed by atoms with van der Waals surface area (Å²) in [6.45, 7) is 14.5. The van der Waals surface area contributed by atoms with Gasteiger partial charge in [0, 0.05) is 11.8 Å². The molecule has 132 valence electrons. The molecule has 0 aromatic rings. The fourth-order valence-electron chi connectivity index (χ4n) is 5.91. The molecule has 2 heteroatoms. The highest BCUT2D eigenvalue weighted by atomic mass is 16.5. The molecule has 2 aliphatic carbocycles. The standard InChI is InChI=1S/C21H36O2/c1-7-20(4,5)21(6,11-13(2)3)18(22)10-17-14-8-15-12-23-19(17)16(15)9-14/h13-17,19H,7-12H2,1-6H3. The Hall–Kier alpha value is -0.370. The van der Waals surface area contributed by atoms with Gasteiger partial charge in [0.2, 0.25) is 0 Å². The number of ether oxygens (including phenoxy) is 1. The van der Waals surface area contributed by atoms with E-state index in [2.05, 4.69) is 41.5 Å². The number of ketones is 1. The van der Waals surface area contributed by atoms with Gasteiger partial charge in [0.05, 0.1) is 12.7 Å². The first-order valence-electron chi connectivity index (χ1n) is 9.84. The van der Waals surface area contributed by atoms with Gasteiger partial charge >= 0.3 is 0 Å². The lowest BCUT2D eigenvalue weighted by atomic mass is 9.58. The number of hydrogen-bond donors (Lipinski definition) is 0. The normalized spacial score (nSPS) is 38.3. The lowest BCUT2D eigenvalue weighted by Crippen LogP contribution is -2.44. The third-order valence-corrected chi connectivity index (χ3v) is 7.97. The van der Waals surface area contributed by atoms with E-state index in [1.165, 1.54) is 12.8 Å². The summed E-state index contributed by atoms with van der Waals surface area (Å²) in [5.74, 6) is 3.91. The molecule has 1 aliphatic heterocycles. The monoisotopic (exact) mass is 320 g/mol. The zero-order valence-corrected chi connectivity index (χ0v) is 16.0. The average molecular weight is 321 g/mol. The molecule has 2 bridgehead atoms. The van der Waals surface area contributed by atoms with Gasteiger partial charge in [-0.2, -0.15) is 0 Å². The summed E-state index contributed by atoms with van der Waals surface area (Å²) in [6, 6.07) is 0. The van der Waals surface area contributed by atoms with Gasteiger partial charge in [-0.25, -0.2) is 0 Å². The third kappa shape index (κ3) is 2.69. The van der Waals surface area contributed by atoms with Gasteiger partial charge < -0.3 is 4.74 Å². The molecule has 0 radical (unpaired) electrons. The van der Waals surface area contributed by atoms with Gasteiger partial charge in [0.15, 0.2) is 0 Å². The molecule has 23 heavy (non-hydrogen) atoms. The molecule has 3 aliphatic rings. The van der Waals surface area contributed by atoms with Crippen molar-refractivity contribution in [2.24, 2.45) is 40.4 Å². The molecule has 0 spiro atoms. The molecule has 1 saturated heterocycles. The van der Waals surface area contributed by atoms with Crippen molar-refractivity contribution in [1.82, 2.24) is 0 Å². The summed E-state index contributed by atoms with van der Waals surface area (Å²) in [7, 11) is 0. The van der Waals surface area contributed by atoms with E-state index in [1.54, 1.807) is 0 Å². The Morgan fingerprint density at radius 3 is 2.48 bits per heavy atom. The molecule has 0 amide bonds. The Morgan fingerprint density at radius 1 is 1.17 bits per heavy atom. The molecule has 0 aromatic carbocycles. The molecule has 6 unspecified atom stereocenters. The Balaban J connectivity index is 1.77. The summed E-state index contributed by atoms with van der Waals surface area (Å²) >= 11 is 0. The topological polar surface area (TPSA) is 26.3 Å². The van der Waals surface area contributed by atoms with Crippen LogP contribution in [0.2, 0.25) is 0 Å². The van der Waals surface area contributed by atoms with E-state index in [0.717, 1.165) is 43.6 Å². The zero-order chi connectivity index (χ0) is 17.0. The molecule has 6 atom stereocenters. The average Bonchev–Trinajstić information content (AvgIpc) is 3.08. The first-order chi connectivity index (χ1) is 10.7. The van der Waals surface area contributed by atoms with Gasteiger partial charge in [-0.15, -0.1) is 0 Å². The van der Waals surface area contributed by atoms with E-state index in [-0.39, 0.29) is 10.8 Å². The minimum atomic E-state index is -0.213. The smallest absolute Gasteiger partial charge is 0.139 e. The molecular weight excluding hydrogens is 284 g/mol. The fraction of sp³-hybridized carbons (Fsp3) is 0.952. The maximum atomic E-state index is 13.5. The Labute approximate surface area is 142 Å². The fourth-order valence-corrected chi connectivity index (χ4v) is 5.91. The molecule has 0 aromatic heterocycles. The first-order valence-corrected chi connectivity index (χ1v) is 9.84. The van der Waals surface area contributed by atoms with Crippen LogP contribution in [0.15, 0.2) is 0 Å². The molecule has 3 rings (SSSR count). The van der Waals surface area contributed by atoms with Crippen LogP contribution in [-0.4, -0.2) is 18.5 Å². The van der Waals surface area contributed by atoms with Gasteiger partial charge in [-0.05, 0) is 54.3 Å². The summed E-state index contributed by atoms with van der Waals surface area (Å²) in [4.78, 5) is 13.5. The minimum absolute atomic E-state index is 0.0606. The lowest BCUT2D eigenvalue weighted by molar-refractivity contribution is -0.138. The quantitative estimate of drug-likeness (QED) is 0.652. The summed E-state index contributed by atoms with van der Waals surface area (Å²) < 4.78 is 6.10. The lowest BCUT2D eigenvalue weighted by Gasteiger charge is -2.45. The highest BCUT2D eigenvalue weighted by Gasteiger charge is 2.58. The maximum absolute atomic E-state index is 13.5. The number of Topliss-reactive ketones (excluding diaryl/α,β-unsaturated/α-hetero) is 1. The summed E-state index contributed by atoms with van der Waals surface area (Å²) in [5, 5.41) is 0.